The number of hydrogen-bond donors (Lipinski definition) is 1. The summed E-state index contributed by atoms with van der Waals surface area (Å²) in [6.07, 6.45) is 3.96. The fourth-order valence-corrected chi connectivity index (χ4v) is 3.77. The maximum Gasteiger partial charge on any atom is 0.0236 e. The highest BCUT2D eigenvalue weighted by atomic mass is 15.2. The van der Waals surface area contributed by atoms with E-state index >= 15 is 0 Å². The molecular formula is C16H24N2. The van der Waals surface area contributed by atoms with Gasteiger partial charge in [0.1, 0.15) is 0 Å². The Kier molecular flexibility index (Phi) is 3.40. The first kappa shape index (κ1) is 12.2. The third kappa shape index (κ3) is 2.32. The topological polar surface area (TPSA) is 29.3 Å². The van der Waals surface area contributed by atoms with Crippen molar-refractivity contribution in [2.75, 3.05) is 13.1 Å². The summed E-state index contributed by atoms with van der Waals surface area (Å²) in [7, 11) is 0. The van der Waals surface area contributed by atoms with Crippen molar-refractivity contribution in [1.29, 1.82) is 0 Å². The Balaban J connectivity index is 1.67. The summed E-state index contributed by atoms with van der Waals surface area (Å²) >= 11 is 0. The molecule has 0 spiro atoms. The molecule has 1 aliphatic carbocycles. The van der Waals surface area contributed by atoms with Crippen molar-refractivity contribution in [3.05, 3.63) is 35.4 Å². The van der Waals surface area contributed by atoms with E-state index in [1.54, 1.807) is 0 Å². The van der Waals surface area contributed by atoms with E-state index in [1.807, 2.05) is 0 Å². The Morgan fingerprint density at radius 2 is 2.06 bits per heavy atom. The van der Waals surface area contributed by atoms with Crippen LogP contribution in [-0.2, 0) is 6.54 Å². The van der Waals surface area contributed by atoms with Gasteiger partial charge >= 0.3 is 0 Å². The van der Waals surface area contributed by atoms with Crippen molar-refractivity contribution in [2.24, 2.45) is 17.6 Å². The molecule has 3 rings (SSSR count). The van der Waals surface area contributed by atoms with Gasteiger partial charge in [-0.25, -0.2) is 0 Å². The van der Waals surface area contributed by atoms with Crippen molar-refractivity contribution < 1.29 is 0 Å². The third-order valence-corrected chi connectivity index (χ3v) is 4.88. The van der Waals surface area contributed by atoms with Crippen LogP contribution >= 0.6 is 0 Å². The molecule has 0 amide bonds. The zero-order valence-corrected chi connectivity index (χ0v) is 11.3. The highest BCUT2D eigenvalue weighted by molar-refractivity contribution is 5.25. The van der Waals surface area contributed by atoms with E-state index in [4.69, 9.17) is 5.73 Å². The van der Waals surface area contributed by atoms with Crippen LogP contribution in [0.2, 0.25) is 0 Å². The van der Waals surface area contributed by atoms with Gasteiger partial charge in [-0.1, -0.05) is 30.7 Å². The normalized spacial score (nSPS) is 32.4. The summed E-state index contributed by atoms with van der Waals surface area (Å²) in [5.74, 6) is 1.61. The minimum absolute atomic E-state index is 0.450. The number of rotatable bonds is 2. The smallest absolute Gasteiger partial charge is 0.0236 e. The summed E-state index contributed by atoms with van der Waals surface area (Å²) in [5, 5.41) is 0. The molecule has 1 aromatic carbocycles. The van der Waals surface area contributed by atoms with E-state index in [-0.39, 0.29) is 0 Å². The second-order valence-corrected chi connectivity index (χ2v) is 6.14. The van der Waals surface area contributed by atoms with Crippen molar-refractivity contribution in [1.82, 2.24) is 4.90 Å². The molecule has 1 aromatic rings. The van der Waals surface area contributed by atoms with Gasteiger partial charge in [-0.15, -0.1) is 0 Å². The van der Waals surface area contributed by atoms with Crippen LogP contribution in [-0.4, -0.2) is 24.0 Å². The molecule has 0 aromatic heterocycles. The predicted molar refractivity (Wildman–Crippen MR) is 75.3 cm³/mol. The van der Waals surface area contributed by atoms with Crippen molar-refractivity contribution in [3.63, 3.8) is 0 Å². The molecule has 1 saturated carbocycles. The minimum Gasteiger partial charge on any atom is -0.327 e. The lowest BCUT2D eigenvalue weighted by Gasteiger charge is -2.29. The molecule has 2 fully saturated rings. The van der Waals surface area contributed by atoms with E-state index in [2.05, 4.69) is 36.1 Å². The molecule has 98 valence electrons. The van der Waals surface area contributed by atoms with E-state index in [1.165, 1.54) is 43.5 Å². The largest absolute Gasteiger partial charge is 0.327 e. The first-order valence-electron chi connectivity index (χ1n) is 7.26. The van der Waals surface area contributed by atoms with Crippen LogP contribution in [0.3, 0.4) is 0 Å². The molecule has 2 N–H and O–H groups in total. The molecule has 3 unspecified atom stereocenters. The Morgan fingerprint density at radius 1 is 1.22 bits per heavy atom. The van der Waals surface area contributed by atoms with Gasteiger partial charge in [0.05, 0.1) is 0 Å². The molecule has 0 radical (unpaired) electrons. The molecule has 2 aliphatic rings. The van der Waals surface area contributed by atoms with Crippen LogP contribution in [0.5, 0.6) is 0 Å². The molecule has 0 bridgehead atoms. The van der Waals surface area contributed by atoms with E-state index in [0.717, 1.165) is 18.4 Å². The first-order chi connectivity index (χ1) is 8.74. The van der Waals surface area contributed by atoms with Crippen molar-refractivity contribution >= 4 is 0 Å². The van der Waals surface area contributed by atoms with Crippen LogP contribution in [0.1, 0.15) is 30.4 Å². The number of aryl methyl sites for hydroxylation is 1. The van der Waals surface area contributed by atoms with Gasteiger partial charge in [0, 0.05) is 25.7 Å². The third-order valence-electron chi connectivity index (χ3n) is 4.88. The highest BCUT2D eigenvalue weighted by Crippen LogP contribution is 2.36. The predicted octanol–water partition coefficient (Wildman–Crippen LogP) is 2.55. The van der Waals surface area contributed by atoms with Crippen LogP contribution in [0.25, 0.3) is 0 Å². The molecule has 1 saturated heterocycles. The van der Waals surface area contributed by atoms with Crippen molar-refractivity contribution in [2.45, 2.75) is 38.8 Å². The fraction of sp³-hybridized carbons (Fsp3) is 0.625. The lowest BCUT2D eigenvalue weighted by atomic mass is 9.78. The Labute approximate surface area is 110 Å². The Bertz CT molecular complexity index is 415. The van der Waals surface area contributed by atoms with Crippen LogP contribution in [0, 0.1) is 18.8 Å². The van der Waals surface area contributed by atoms with Crippen LogP contribution in [0.4, 0.5) is 0 Å². The number of nitrogens with zero attached hydrogens (tertiary/aromatic N) is 1. The summed E-state index contributed by atoms with van der Waals surface area (Å²) in [6, 6.07) is 9.20. The molecule has 2 heteroatoms. The zero-order chi connectivity index (χ0) is 12.5. The second kappa shape index (κ2) is 5.02. The van der Waals surface area contributed by atoms with Gasteiger partial charge in [0.2, 0.25) is 0 Å². The number of nitrogens with two attached hydrogens (primary N) is 1. The Morgan fingerprint density at radius 3 is 2.83 bits per heavy atom. The minimum atomic E-state index is 0.450. The van der Waals surface area contributed by atoms with Gasteiger partial charge in [0.15, 0.2) is 0 Å². The van der Waals surface area contributed by atoms with E-state index in [9.17, 15) is 0 Å². The number of fused-ring (bicyclic) bond motifs is 1. The summed E-state index contributed by atoms with van der Waals surface area (Å²) < 4.78 is 0. The van der Waals surface area contributed by atoms with Gasteiger partial charge in [-0.05, 0) is 42.7 Å². The maximum absolute atomic E-state index is 6.28. The average Bonchev–Trinajstić information content (AvgIpc) is 2.76. The van der Waals surface area contributed by atoms with Crippen LogP contribution in [0.15, 0.2) is 24.3 Å². The monoisotopic (exact) mass is 244 g/mol. The average molecular weight is 244 g/mol. The lowest BCUT2D eigenvalue weighted by molar-refractivity contribution is 0.259. The molecular weight excluding hydrogens is 220 g/mol. The molecule has 2 nitrogen and oxygen atoms in total. The number of benzene rings is 1. The van der Waals surface area contributed by atoms with Crippen molar-refractivity contribution in [3.8, 4) is 0 Å². The first-order valence-corrected chi connectivity index (χ1v) is 7.26. The quantitative estimate of drug-likeness (QED) is 0.866. The van der Waals surface area contributed by atoms with Gasteiger partial charge in [0.25, 0.3) is 0 Å². The summed E-state index contributed by atoms with van der Waals surface area (Å²) in [5.41, 5.74) is 9.17. The molecule has 18 heavy (non-hydrogen) atoms. The maximum atomic E-state index is 6.28. The zero-order valence-electron chi connectivity index (χ0n) is 11.3. The number of likely N-dealkylation sites (tertiary alicyclic amines) is 1. The second-order valence-electron chi connectivity index (χ2n) is 6.14. The highest BCUT2D eigenvalue weighted by Gasteiger charge is 2.38. The fourth-order valence-electron chi connectivity index (χ4n) is 3.77. The number of hydrogen-bond acceptors (Lipinski definition) is 2. The molecule has 3 atom stereocenters. The van der Waals surface area contributed by atoms with E-state index in [0.29, 0.717) is 6.04 Å². The Hall–Kier alpha value is -0.860. The SMILES string of the molecule is Cc1ccccc1CN1CC2CCCC(N)C2C1. The standard InChI is InChI=1S/C16H24N2/c1-12-5-2-3-6-13(12)9-18-10-14-7-4-8-16(17)15(14)11-18/h2-3,5-6,14-16H,4,7-11,17H2,1H3. The lowest BCUT2D eigenvalue weighted by Crippen LogP contribution is -2.38. The van der Waals surface area contributed by atoms with Crippen LogP contribution < -0.4 is 5.73 Å². The summed E-state index contributed by atoms with van der Waals surface area (Å²) in [4.78, 5) is 2.61. The van der Waals surface area contributed by atoms with Gasteiger partial charge in [-0.3, -0.25) is 4.90 Å². The van der Waals surface area contributed by atoms with Gasteiger partial charge < -0.3 is 5.73 Å². The molecule has 1 aliphatic heterocycles. The molecule has 1 heterocycles. The van der Waals surface area contributed by atoms with E-state index < -0.39 is 0 Å². The van der Waals surface area contributed by atoms with Gasteiger partial charge in [-0.2, -0.15) is 0 Å². The summed E-state index contributed by atoms with van der Waals surface area (Å²) in [6.45, 7) is 5.78.